The van der Waals surface area contributed by atoms with E-state index in [1.165, 1.54) is 12.8 Å². The first kappa shape index (κ1) is 20.6. The SMILES string of the molecule is COc1ccc(C2CC(=O)N(Cc3ccc(-c4ncc[nH]4)cc3)C2)cc1OC1CCCC1. The van der Waals surface area contributed by atoms with Crippen LogP contribution in [0.4, 0.5) is 0 Å². The molecule has 1 amide bonds. The van der Waals surface area contributed by atoms with Gasteiger partial charge >= 0.3 is 0 Å². The molecule has 1 saturated heterocycles. The van der Waals surface area contributed by atoms with E-state index in [0.29, 0.717) is 19.5 Å². The van der Waals surface area contributed by atoms with Crippen LogP contribution in [0, 0.1) is 0 Å². The van der Waals surface area contributed by atoms with Crippen LogP contribution in [0.1, 0.15) is 49.1 Å². The second-order valence-electron chi connectivity index (χ2n) is 8.74. The number of H-pyrrole nitrogens is 1. The van der Waals surface area contributed by atoms with E-state index in [2.05, 4.69) is 34.2 Å². The average molecular weight is 432 g/mol. The number of carbonyl (C=O) groups is 1. The second-order valence-corrected chi connectivity index (χ2v) is 8.74. The van der Waals surface area contributed by atoms with Gasteiger partial charge in [-0.25, -0.2) is 4.98 Å². The maximum Gasteiger partial charge on any atom is 0.223 e. The zero-order chi connectivity index (χ0) is 21.9. The largest absolute Gasteiger partial charge is 0.493 e. The van der Waals surface area contributed by atoms with E-state index in [1.54, 1.807) is 13.3 Å². The van der Waals surface area contributed by atoms with E-state index in [9.17, 15) is 4.79 Å². The summed E-state index contributed by atoms with van der Waals surface area (Å²) in [4.78, 5) is 22.1. The van der Waals surface area contributed by atoms with Gasteiger partial charge in [0.25, 0.3) is 0 Å². The van der Waals surface area contributed by atoms with Gasteiger partial charge in [-0.3, -0.25) is 4.79 Å². The first-order valence-corrected chi connectivity index (χ1v) is 11.4. The zero-order valence-corrected chi connectivity index (χ0v) is 18.4. The molecular formula is C26H29N3O3. The summed E-state index contributed by atoms with van der Waals surface area (Å²) in [6.45, 7) is 1.34. The lowest BCUT2D eigenvalue weighted by molar-refractivity contribution is -0.128. The molecule has 2 heterocycles. The topological polar surface area (TPSA) is 67.5 Å². The molecule has 2 fully saturated rings. The molecule has 2 aliphatic rings. The van der Waals surface area contributed by atoms with Crippen molar-refractivity contribution in [2.45, 2.75) is 50.7 Å². The van der Waals surface area contributed by atoms with Crippen molar-refractivity contribution in [1.82, 2.24) is 14.9 Å². The van der Waals surface area contributed by atoms with Crippen LogP contribution in [0.25, 0.3) is 11.4 Å². The van der Waals surface area contributed by atoms with Gasteiger partial charge in [0.05, 0.1) is 13.2 Å². The number of aromatic nitrogens is 2. The Labute approximate surface area is 188 Å². The summed E-state index contributed by atoms with van der Waals surface area (Å²) in [6.07, 6.45) is 9.00. The van der Waals surface area contributed by atoms with Gasteiger partial charge in [-0.2, -0.15) is 0 Å². The Morgan fingerprint density at radius 3 is 2.62 bits per heavy atom. The molecule has 0 bridgehead atoms. The number of nitrogens with zero attached hydrogens (tertiary/aromatic N) is 2. The maximum absolute atomic E-state index is 12.8. The number of carbonyl (C=O) groups excluding carboxylic acids is 1. The Bertz CT molecular complexity index is 1060. The number of hydrogen-bond acceptors (Lipinski definition) is 4. The fourth-order valence-corrected chi connectivity index (χ4v) is 4.78. The van der Waals surface area contributed by atoms with Crippen LogP contribution < -0.4 is 9.47 Å². The first-order chi connectivity index (χ1) is 15.7. The number of methoxy groups -OCH3 is 1. The highest BCUT2D eigenvalue weighted by molar-refractivity contribution is 5.80. The number of nitrogens with one attached hydrogen (secondary N) is 1. The molecular weight excluding hydrogens is 402 g/mol. The van der Waals surface area contributed by atoms with Gasteiger partial charge in [-0.15, -0.1) is 0 Å². The molecule has 0 radical (unpaired) electrons. The van der Waals surface area contributed by atoms with Gasteiger partial charge in [-0.1, -0.05) is 30.3 Å². The minimum atomic E-state index is 0.168. The number of rotatable bonds is 7. The number of likely N-dealkylation sites (tertiary alicyclic amines) is 1. The lowest BCUT2D eigenvalue weighted by Gasteiger charge is -2.19. The van der Waals surface area contributed by atoms with Crippen molar-refractivity contribution in [1.29, 1.82) is 0 Å². The van der Waals surface area contributed by atoms with Crippen molar-refractivity contribution in [2.24, 2.45) is 0 Å². The molecule has 1 aliphatic carbocycles. The fraction of sp³-hybridized carbons (Fsp3) is 0.385. The van der Waals surface area contributed by atoms with E-state index in [1.807, 2.05) is 29.3 Å². The predicted molar refractivity (Wildman–Crippen MR) is 123 cm³/mol. The first-order valence-electron chi connectivity index (χ1n) is 11.4. The molecule has 1 atom stereocenters. The van der Waals surface area contributed by atoms with Gasteiger partial charge < -0.3 is 19.4 Å². The number of hydrogen-bond donors (Lipinski definition) is 1. The van der Waals surface area contributed by atoms with Crippen LogP contribution in [0.15, 0.2) is 54.9 Å². The average Bonchev–Trinajstić information content (AvgIpc) is 3.58. The minimum absolute atomic E-state index is 0.168. The predicted octanol–water partition coefficient (Wildman–Crippen LogP) is 4.92. The van der Waals surface area contributed by atoms with Crippen molar-refractivity contribution in [3.05, 3.63) is 66.0 Å². The highest BCUT2D eigenvalue weighted by Crippen LogP contribution is 2.37. The second kappa shape index (κ2) is 9.07. The van der Waals surface area contributed by atoms with Gasteiger partial charge in [0, 0.05) is 43.4 Å². The highest BCUT2D eigenvalue weighted by atomic mass is 16.5. The van der Waals surface area contributed by atoms with E-state index in [0.717, 1.165) is 46.9 Å². The molecule has 1 N–H and O–H groups in total. The molecule has 2 aromatic carbocycles. The Morgan fingerprint density at radius 2 is 1.91 bits per heavy atom. The summed E-state index contributed by atoms with van der Waals surface area (Å²) in [6, 6.07) is 14.3. The van der Waals surface area contributed by atoms with Crippen molar-refractivity contribution < 1.29 is 14.3 Å². The number of imidazole rings is 1. The summed E-state index contributed by atoms with van der Waals surface area (Å²) < 4.78 is 11.8. The number of benzene rings is 2. The van der Waals surface area contributed by atoms with Crippen LogP contribution in [-0.4, -0.2) is 40.5 Å². The van der Waals surface area contributed by atoms with Gasteiger partial charge in [-0.05, 0) is 48.9 Å². The summed E-state index contributed by atoms with van der Waals surface area (Å²) in [5.74, 6) is 2.78. The fourth-order valence-electron chi connectivity index (χ4n) is 4.78. The Morgan fingerprint density at radius 1 is 1.09 bits per heavy atom. The van der Waals surface area contributed by atoms with Gasteiger partial charge in [0.1, 0.15) is 5.82 Å². The smallest absolute Gasteiger partial charge is 0.223 e. The third kappa shape index (κ3) is 4.35. The third-order valence-electron chi connectivity index (χ3n) is 6.57. The third-order valence-corrected chi connectivity index (χ3v) is 6.57. The van der Waals surface area contributed by atoms with Crippen LogP contribution in [-0.2, 0) is 11.3 Å². The molecule has 5 rings (SSSR count). The number of ether oxygens (including phenoxy) is 2. The molecule has 1 unspecified atom stereocenters. The summed E-state index contributed by atoms with van der Waals surface area (Å²) in [5, 5.41) is 0. The van der Waals surface area contributed by atoms with Crippen LogP contribution in [0.2, 0.25) is 0 Å². The molecule has 1 aromatic heterocycles. The standard InChI is InChI=1S/C26H29N3O3/c1-31-23-11-10-20(14-24(23)32-22-4-2-3-5-22)21-15-25(30)29(17-21)16-18-6-8-19(9-7-18)26-27-12-13-28-26/h6-14,21-22H,2-5,15-17H2,1H3,(H,27,28). The molecule has 3 aromatic rings. The number of aromatic amines is 1. The quantitative estimate of drug-likeness (QED) is 0.576. The Hall–Kier alpha value is -3.28. The van der Waals surface area contributed by atoms with E-state index in [-0.39, 0.29) is 17.9 Å². The van der Waals surface area contributed by atoms with Crippen LogP contribution >= 0.6 is 0 Å². The highest BCUT2D eigenvalue weighted by Gasteiger charge is 2.31. The lowest BCUT2D eigenvalue weighted by atomic mass is 9.98. The van der Waals surface area contributed by atoms with E-state index >= 15 is 0 Å². The summed E-state index contributed by atoms with van der Waals surface area (Å²) >= 11 is 0. The van der Waals surface area contributed by atoms with E-state index < -0.39 is 0 Å². The summed E-state index contributed by atoms with van der Waals surface area (Å²) in [7, 11) is 1.68. The molecule has 6 nitrogen and oxygen atoms in total. The van der Waals surface area contributed by atoms with Crippen LogP contribution in [0.3, 0.4) is 0 Å². The minimum Gasteiger partial charge on any atom is -0.493 e. The van der Waals surface area contributed by atoms with Crippen molar-refractivity contribution in [3.63, 3.8) is 0 Å². The zero-order valence-electron chi connectivity index (χ0n) is 18.4. The monoisotopic (exact) mass is 431 g/mol. The molecule has 6 heteroatoms. The van der Waals surface area contributed by atoms with Gasteiger partial charge in [0.2, 0.25) is 5.91 Å². The molecule has 1 saturated carbocycles. The molecule has 32 heavy (non-hydrogen) atoms. The summed E-state index contributed by atoms with van der Waals surface area (Å²) in [5.41, 5.74) is 3.30. The normalized spacial score (nSPS) is 19.0. The van der Waals surface area contributed by atoms with Crippen molar-refractivity contribution in [2.75, 3.05) is 13.7 Å². The maximum atomic E-state index is 12.8. The molecule has 0 spiro atoms. The lowest BCUT2D eigenvalue weighted by Crippen LogP contribution is -2.24. The van der Waals surface area contributed by atoms with Crippen LogP contribution in [0.5, 0.6) is 11.5 Å². The van der Waals surface area contributed by atoms with Crippen molar-refractivity contribution >= 4 is 5.91 Å². The Balaban J connectivity index is 1.27. The van der Waals surface area contributed by atoms with E-state index in [4.69, 9.17) is 9.47 Å². The van der Waals surface area contributed by atoms with Crippen molar-refractivity contribution in [3.8, 4) is 22.9 Å². The molecule has 1 aliphatic heterocycles. The molecule has 166 valence electrons. The Kier molecular flexibility index (Phi) is 5.84. The number of amides is 1. The van der Waals surface area contributed by atoms with Gasteiger partial charge in [0.15, 0.2) is 11.5 Å².